The van der Waals surface area contributed by atoms with Gasteiger partial charge in [0.2, 0.25) is 5.91 Å². The van der Waals surface area contributed by atoms with Gasteiger partial charge in [-0.2, -0.15) is 0 Å². The zero-order valence-electron chi connectivity index (χ0n) is 8.47. The number of aliphatic hydroxyl groups excluding tert-OH is 1. The first-order valence-corrected chi connectivity index (χ1v) is 4.70. The third-order valence-corrected chi connectivity index (χ3v) is 2.40. The number of hydrogen-bond donors (Lipinski definition) is 3. The first-order chi connectivity index (χ1) is 6.10. The summed E-state index contributed by atoms with van der Waals surface area (Å²) in [4.78, 5) is 11.5. The molecule has 4 N–H and O–H groups in total. The van der Waals surface area contributed by atoms with Crippen LogP contribution in [-0.2, 0) is 4.79 Å². The summed E-state index contributed by atoms with van der Waals surface area (Å²) >= 11 is 0. The van der Waals surface area contributed by atoms with Gasteiger partial charge in [-0.05, 0) is 19.8 Å². The second kappa shape index (κ2) is 5.94. The summed E-state index contributed by atoms with van der Waals surface area (Å²) in [5.74, 6) is -0.0223. The van der Waals surface area contributed by atoms with Gasteiger partial charge in [0.25, 0.3) is 0 Å². The molecule has 13 heavy (non-hydrogen) atoms. The Labute approximate surface area is 79.5 Å². The quantitative estimate of drug-likeness (QED) is 0.508. The minimum Gasteiger partial charge on any atom is -0.396 e. The summed E-state index contributed by atoms with van der Waals surface area (Å²) in [5.41, 5.74) is 5.05. The molecule has 0 aromatic heterocycles. The first-order valence-electron chi connectivity index (χ1n) is 4.70. The normalized spacial score (nSPS) is 15.1. The van der Waals surface area contributed by atoms with Gasteiger partial charge in [-0.15, -0.1) is 0 Å². The number of carbonyl (C=O) groups is 1. The number of amides is 1. The molecule has 0 spiro atoms. The molecule has 0 heterocycles. The van der Waals surface area contributed by atoms with Crippen molar-refractivity contribution in [2.45, 2.75) is 26.7 Å². The van der Waals surface area contributed by atoms with Gasteiger partial charge in [-0.25, -0.2) is 0 Å². The van der Waals surface area contributed by atoms with E-state index in [0.717, 1.165) is 6.42 Å². The van der Waals surface area contributed by atoms with Gasteiger partial charge in [0, 0.05) is 19.7 Å². The van der Waals surface area contributed by atoms with Crippen LogP contribution in [0, 0.1) is 5.41 Å². The predicted molar refractivity (Wildman–Crippen MR) is 52.2 cm³/mol. The minimum atomic E-state index is -0.463. The van der Waals surface area contributed by atoms with E-state index in [-0.39, 0.29) is 12.5 Å². The van der Waals surface area contributed by atoms with Crippen molar-refractivity contribution in [3.63, 3.8) is 0 Å². The van der Waals surface area contributed by atoms with Crippen LogP contribution < -0.4 is 11.1 Å². The van der Waals surface area contributed by atoms with Crippen molar-refractivity contribution < 1.29 is 9.90 Å². The van der Waals surface area contributed by atoms with E-state index >= 15 is 0 Å². The van der Waals surface area contributed by atoms with Crippen LogP contribution in [0.2, 0.25) is 0 Å². The average molecular weight is 188 g/mol. The van der Waals surface area contributed by atoms with Crippen molar-refractivity contribution in [3.05, 3.63) is 0 Å². The molecule has 0 saturated carbocycles. The molecule has 0 aromatic rings. The van der Waals surface area contributed by atoms with E-state index in [2.05, 4.69) is 5.32 Å². The topological polar surface area (TPSA) is 75.4 Å². The number of nitrogens with one attached hydrogen (secondary N) is 1. The summed E-state index contributed by atoms with van der Waals surface area (Å²) in [6.07, 6.45) is 1.32. The van der Waals surface area contributed by atoms with Crippen molar-refractivity contribution in [3.8, 4) is 0 Å². The lowest BCUT2D eigenvalue weighted by atomic mass is 9.87. The highest BCUT2D eigenvalue weighted by atomic mass is 16.3. The maximum atomic E-state index is 11.5. The van der Waals surface area contributed by atoms with E-state index in [9.17, 15) is 4.79 Å². The van der Waals surface area contributed by atoms with E-state index in [1.54, 1.807) is 0 Å². The number of hydrogen-bond acceptors (Lipinski definition) is 3. The number of carbonyl (C=O) groups excluding carboxylic acids is 1. The smallest absolute Gasteiger partial charge is 0.227 e. The Bertz CT molecular complexity index is 156. The Morgan fingerprint density at radius 2 is 2.23 bits per heavy atom. The molecule has 0 rings (SSSR count). The molecule has 4 heteroatoms. The maximum absolute atomic E-state index is 11.5. The Kier molecular flexibility index (Phi) is 5.66. The van der Waals surface area contributed by atoms with Crippen LogP contribution in [0.1, 0.15) is 26.7 Å². The van der Waals surface area contributed by atoms with Crippen LogP contribution in [0.15, 0.2) is 0 Å². The highest BCUT2D eigenvalue weighted by Crippen LogP contribution is 2.18. The van der Waals surface area contributed by atoms with E-state index < -0.39 is 5.41 Å². The van der Waals surface area contributed by atoms with Gasteiger partial charge < -0.3 is 16.2 Å². The molecule has 1 atom stereocenters. The van der Waals surface area contributed by atoms with Gasteiger partial charge in [0.1, 0.15) is 0 Å². The van der Waals surface area contributed by atoms with Crippen molar-refractivity contribution in [2.24, 2.45) is 11.1 Å². The Balaban J connectivity index is 3.92. The highest BCUT2D eigenvalue weighted by Gasteiger charge is 2.28. The van der Waals surface area contributed by atoms with E-state index in [1.165, 1.54) is 0 Å². The molecule has 0 saturated heterocycles. The van der Waals surface area contributed by atoms with E-state index in [4.69, 9.17) is 10.8 Å². The third kappa shape index (κ3) is 3.74. The lowest BCUT2D eigenvalue weighted by molar-refractivity contribution is -0.129. The Morgan fingerprint density at radius 1 is 1.62 bits per heavy atom. The fourth-order valence-electron chi connectivity index (χ4n) is 0.892. The van der Waals surface area contributed by atoms with Crippen LogP contribution in [0.25, 0.3) is 0 Å². The monoisotopic (exact) mass is 188 g/mol. The zero-order valence-corrected chi connectivity index (χ0v) is 8.47. The molecule has 0 aliphatic carbocycles. The standard InChI is InChI=1S/C9H20N2O2/c1-3-9(2,7-10)8(13)11-5-4-6-12/h12H,3-7,10H2,1-2H3,(H,11,13). The molecule has 78 valence electrons. The molecule has 4 nitrogen and oxygen atoms in total. The first kappa shape index (κ1) is 12.4. The number of nitrogens with two attached hydrogens (primary N) is 1. The molecule has 1 amide bonds. The van der Waals surface area contributed by atoms with Gasteiger partial charge in [0.15, 0.2) is 0 Å². The third-order valence-electron chi connectivity index (χ3n) is 2.40. The second-order valence-corrected chi connectivity index (χ2v) is 3.45. The zero-order chi connectivity index (χ0) is 10.3. The molecule has 0 aliphatic rings. The van der Waals surface area contributed by atoms with E-state index in [1.807, 2.05) is 13.8 Å². The number of rotatable bonds is 6. The van der Waals surface area contributed by atoms with Crippen LogP contribution >= 0.6 is 0 Å². The summed E-state index contributed by atoms with van der Waals surface area (Å²) in [6, 6.07) is 0. The fourth-order valence-corrected chi connectivity index (χ4v) is 0.892. The second-order valence-electron chi connectivity index (χ2n) is 3.45. The molecule has 0 bridgehead atoms. The summed E-state index contributed by atoms with van der Waals surface area (Å²) < 4.78 is 0. The maximum Gasteiger partial charge on any atom is 0.227 e. The summed E-state index contributed by atoms with van der Waals surface area (Å²) in [5, 5.41) is 11.3. The van der Waals surface area contributed by atoms with Gasteiger partial charge in [-0.3, -0.25) is 4.79 Å². The molecule has 0 radical (unpaired) electrons. The lowest BCUT2D eigenvalue weighted by Crippen LogP contribution is -2.43. The van der Waals surface area contributed by atoms with Gasteiger partial charge in [0.05, 0.1) is 5.41 Å². The molecule has 0 fully saturated rings. The van der Waals surface area contributed by atoms with Gasteiger partial charge in [-0.1, -0.05) is 6.92 Å². The summed E-state index contributed by atoms with van der Waals surface area (Å²) in [7, 11) is 0. The van der Waals surface area contributed by atoms with Crippen molar-refractivity contribution in [1.82, 2.24) is 5.32 Å². The van der Waals surface area contributed by atoms with Gasteiger partial charge >= 0.3 is 0 Å². The van der Waals surface area contributed by atoms with Crippen molar-refractivity contribution in [2.75, 3.05) is 19.7 Å². The van der Waals surface area contributed by atoms with E-state index in [0.29, 0.717) is 19.5 Å². The minimum absolute atomic E-state index is 0.0223. The van der Waals surface area contributed by atoms with Crippen LogP contribution in [-0.4, -0.2) is 30.7 Å². The predicted octanol–water partition coefficient (Wildman–Crippen LogP) is -0.140. The SMILES string of the molecule is CCC(C)(CN)C(=O)NCCCO. The van der Waals surface area contributed by atoms with Crippen LogP contribution in [0.3, 0.4) is 0 Å². The molecular formula is C9H20N2O2. The fraction of sp³-hybridized carbons (Fsp3) is 0.889. The number of aliphatic hydroxyl groups is 1. The van der Waals surface area contributed by atoms with Crippen molar-refractivity contribution >= 4 is 5.91 Å². The molecule has 0 aromatic carbocycles. The van der Waals surface area contributed by atoms with Crippen LogP contribution in [0.4, 0.5) is 0 Å². The molecule has 0 aliphatic heterocycles. The Hall–Kier alpha value is -0.610. The largest absolute Gasteiger partial charge is 0.396 e. The highest BCUT2D eigenvalue weighted by molar-refractivity contribution is 5.82. The Morgan fingerprint density at radius 3 is 2.62 bits per heavy atom. The van der Waals surface area contributed by atoms with Crippen LogP contribution in [0.5, 0.6) is 0 Å². The molecular weight excluding hydrogens is 168 g/mol. The molecule has 1 unspecified atom stereocenters. The average Bonchev–Trinajstić information content (AvgIpc) is 2.17. The van der Waals surface area contributed by atoms with Crippen molar-refractivity contribution in [1.29, 1.82) is 0 Å². The summed E-state index contributed by atoms with van der Waals surface area (Å²) in [6.45, 7) is 4.77. The lowest BCUT2D eigenvalue weighted by Gasteiger charge is -2.24.